The van der Waals surface area contributed by atoms with Crippen LogP contribution in [0.15, 0.2) is 114 Å². The summed E-state index contributed by atoms with van der Waals surface area (Å²) >= 11 is 6.68. The first-order chi connectivity index (χ1) is 20.5. The van der Waals surface area contributed by atoms with Gasteiger partial charge in [0.25, 0.3) is 10.1 Å². The van der Waals surface area contributed by atoms with Crippen molar-refractivity contribution in [2.24, 2.45) is 0 Å². The lowest BCUT2D eigenvalue weighted by Gasteiger charge is -2.16. The van der Waals surface area contributed by atoms with Crippen LogP contribution in [0.1, 0.15) is 5.56 Å². The van der Waals surface area contributed by atoms with Gasteiger partial charge in [-0.15, -0.1) is 11.3 Å². The van der Waals surface area contributed by atoms with Gasteiger partial charge in [-0.25, -0.2) is 4.98 Å². The highest BCUT2D eigenvalue weighted by Gasteiger charge is 2.20. The average molecular weight is 831 g/mol. The minimum atomic E-state index is -4.02. The molecule has 218 valence electrons. The Labute approximate surface area is 283 Å². The van der Waals surface area contributed by atoms with E-state index in [1.807, 2.05) is 13.0 Å². The lowest BCUT2D eigenvalue weighted by molar-refractivity contribution is 0.483. The maximum absolute atomic E-state index is 10.5. The fourth-order valence-corrected chi connectivity index (χ4v) is 7.51. The predicted octanol–water partition coefficient (Wildman–Crippen LogP) is 9.81. The third-order valence-corrected chi connectivity index (χ3v) is 10.5. The summed E-state index contributed by atoms with van der Waals surface area (Å²) in [4.78, 5) is 7.20. The largest absolute Gasteiger partial charge is 0.378 e. The fourth-order valence-electron chi connectivity index (χ4n) is 4.58. The zero-order valence-electron chi connectivity index (χ0n) is 23.6. The molecule has 6 aromatic rings. The number of thiazole rings is 1. The predicted molar refractivity (Wildman–Crippen MR) is 197 cm³/mol. The molecule has 0 amide bonds. The Hall–Kier alpha value is -2.84. The molecule has 0 unspecified atom stereocenters. The van der Waals surface area contributed by atoms with E-state index in [0.717, 1.165) is 21.7 Å². The fraction of sp³-hybridized carbons (Fsp3) is 0.0882. The number of rotatable bonds is 5. The zero-order valence-corrected chi connectivity index (χ0v) is 29.6. The molecule has 0 fully saturated rings. The van der Waals surface area contributed by atoms with E-state index < -0.39 is 10.1 Å². The second-order valence-corrected chi connectivity index (χ2v) is 14.8. The number of hydrogen-bond donors (Lipinski definition) is 1. The van der Waals surface area contributed by atoms with Crippen LogP contribution in [-0.4, -0.2) is 32.0 Å². The number of benzene rings is 5. The highest BCUT2D eigenvalue weighted by atomic mass is 127. The van der Waals surface area contributed by atoms with Crippen molar-refractivity contribution in [1.29, 1.82) is 0 Å². The zero-order chi connectivity index (χ0) is 30.7. The Balaban J connectivity index is 0.000000283. The summed E-state index contributed by atoms with van der Waals surface area (Å²) in [6, 6.07) is 36.2. The molecule has 5 aromatic carbocycles. The average Bonchev–Trinajstić information content (AvgIpc) is 3.43. The molecule has 6 rings (SSSR count). The van der Waals surface area contributed by atoms with Gasteiger partial charge in [-0.05, 0) is 106 Å². The molecule has 0 saturated heterocycles. The highest BCUT2D eigenvalue weighted by molar-refractivity contribution is 14.1. The van der Waals surface area contributed by atoms with Crippen LogP contribution < -0.4 is 4.90 Å². The molecule has 9 heteroatoms. The van der Waals surface area contributed by atoms with Crippen molar-refractivity contribution in [3.05, 3.63) is 122 Å². The Morgan fingerprint density at radius 3 is 2.00 bits per heavy atom. The maximum Gasteiger partial charge on any atom is 0.294 e. The van der Waals surface area contributed by atoms with E-state index in [2.05, 4.69) is 143 Å². The van der Waals surface area contributed by atoms with E-state index in [1.165, 1.54) is 51.9 Å². The van der Waals surface area contributed by atoms with Crippen LogP contribution >= 0.6 is 56.5 Å². The molecule has 43 heavy (non-hydrogen) atoms. The van der Waals surface area contributed by atoms with Crippen molar-refractivity contribution >= 4 is 82.5 Å². The second-order valence-electron chi connectivity index (χ2n) is 10.0. The summed E-state index contributed by atoms with van der Waals surface area (Å²) in [6.45, 7) is 1.84. The SMILES string of the molecule is CN(C)c1ccc(-c2cccc(I)c2-c2c(I)ccc3sc(-c4ccccc4)nc23)cc1.Cc1ccc(S(=O)(=O)O)cc1. The molecular formula is C34H28I2N2O3S2. The summed E-state index contributed by atoms with van der Waals surface area (Å²) < 4.78 is 33.2. The van der Waals surface area contributed by atoms with Gasteiger partial charge in [-0.2, -0.15) is 8.42 Å². The van der Waals surface area contributed by atoms with Crippen LogP contribution in [-0.2, 0) is 10.1 Å². The van der Waals surface area contributed by atoms with Gasteiger partial charge in [0.05, 0.1) is 15.1 Å². The van der Waals surface area contributed by atoms with E-state index >= 15 is 0 Å². The maximum atomic E-state index is 10.5. The first-order valence-corrected chi connectivity index (χ1v) is 17.7. The van der Waals surface area contributed by atoms with E-state index in [0.29, 0.717) is 0 Å². The third-order valence-electron chi connectivity index (χ3n) is 6.81. The van der Waals surface area contributed by atoms with Gasteiger partial charge < -0.3 is 4.90 Å². The summed E-state index contributed by atoms with van der Waals surface area (Å²) in [5.74, 6) is 0. The van der Waals surface area contributed by atoms with Gasteiger partial charge in [0.1, 0.15) is 5.01 Å². The summed E-state index contributed by atoms with van der Waals surface area (Å²) in [5, 5.41) is 1.06. The van der Waals surface area contributed by atoms with E-state index in [-0.39, 0.29) is 4.90 Å². The van der Waals surface area contributed by atoms with Crippen LogP contribution in [0.5, 0.6) is 0 Å². The van der Waals surface area contributed by atoms with Gasteiger partial charge in [-0.3, -0.25) is 4.55 Å². The molecule has 1 aromatic heterocycles. The van der Waals surface area contributed by atoms with Crippen molar-refractivity contribution in [3.63, 3.8) is 0 Å². The van der Waals surface area contributed by atoms with E-state index in [9.17, 15) is 8.42 Å². The van der Waals surface area contributed by atoms with Crippen molar-refractivity contribution in [2.45, 2.75) is 11.8 Å². The number of fused-ring (bicyclic) bond motifs is 1. The highest BCUT2D eigenvalue weighted by Crippen LogP contribution is 2.44. The number of halogens is 2. The molecule has 1 N–H and O–H groups in total. The molecule has 1 heterocycles. The first kappa shape index (κ1) is 31.6. The molecule has 5 nitrogen and oxygen atoms in total. The molecule has 0 spiro atoms. The topological polar surface area (TPSA) is 70.5 Å². The van der Waals surface area contributed by atoms with Crippen LogP contribution in [0.4, 0.5) is 5.69 Å². The number of anilines is 1. The first-order valence-electron chi connectivity index (χ1n) is 13.3. The van der Waals surface area contributed by atoms with Crippen molar-refractivity contribution in [1.82, 2.24) is 4.98 Å². The molecule has 0 saturated carbocycles. The van der Waals surface area contributed by atoms with Crippen molar-refractivity contribution < 1.29 is 13.0 Å². The Morgan fingerprint density at radius 2 is 1.37 bits per heavy atom. The van der Waals surface area contributed by atoms with Gasteiger partial charge in [0.2, 0.25) is 0 Å². The van der Waals surface area contributed by atoms with Crippen LogP contribution in [0.2, 0.25) is 0 Å². The number of aromatic nitrogens is 1. The van der Waals surface area contributed by atoms with E-state index in [4.69, 9.17) is 9.54 Å². The molecular weight excluding hydrogens is 802 g/mol. The third kappa shape index (κ3) is 7.28. The standard InChI is InChI=1S/C27H20I2N2S.C7H8O3S/c1-31(2)19-13-11-17(12-14-19)20-9-6-10-21(28)24(20)25-22(29)15-16-23-26(25)30-27(32-23)18-7-4-3-5-8-18;1-6-2-4-7(5-3-6)11(8,9)10/h3-16H,1-2H3;2-5H,1H3,(H,8,9,10). The number of aryl methyl sites for hydroxylation is 1. The number of nitrogens with zero attached hydrogens (tertiary/aromatic N) is 2. The molecule has 0 radical (unpaired) electrons. The summed E-state index contributed by atoms with van der Waals surface area (Å²) in [6.07, 6.45) is 0. The Morgan fingerprint density at radius 1 is 0.721 bits per heavy atom. The van der Waals surface area contributed by atoms with E-state index in [1.54, 1.807) is 23.5 Å². The lowest BCUT2D eigenvalue weighted by atomic mass is 9.94. The normalized spacial score (nSPS) is 11.2. The molecule has 0 aliphatic carbocycles. The van der Waals surface area contributed by atoms with Gasteiger partial charge >= 0.3 is 0 Å². The van der Waals surface area contributed by atoms with Crippen LogP contribution in [0.3, 0.4) is 0 Å². The molecule has 0 aliphatic heterocycles. The molecule has 0 aliphatic rings. The quantitative estimate of drug-likeness (QED) is 0.139. The second kappa shape index (κ2) is 13.4. The van der Waals surface area contributed by atoms with Crippen LogP contribution in [0.25, 0.3) is 43.0 Å². The molecule has 0 atom stereocenters. The Kier molecular flexibility index (Phi) is 9.86. The van der Waals surface area contributed by atoms with Crippen LogP contribution in [0, 0.1) is 14.1 Å². The van der Waals surface area contributed by atoms with Crippen molar-refractivity contribution in [2.75, 3.05) is 19.0 Å². The van der Waals surface area contributed by atoms with Gasteiger partial charge in [0, 0.05) is 43.6 Å². The van der Waals surface area contributed by atoms with Crippen molar-refractivity contribution in [3.8, 4) is 32.8 Å². The molecule has 0 bridgehead atoms. The smallest absolute Gasteiger partial charge is 0.294 e. The Bertz CT molecular complexity index is 1990. The van der Waals surface area contributed by atoms with Gasteiger partial charge in [0.15, 0.2) is 0 Å². The summed E-state index contributed by atoms with van der Waals surface area (Å²) in [7, 11) is 0.122. The lowest BCUT2D eigenvalue weighted by Crippen LogP contribution is -2.07. The monoisotopic (exact) mass is 830 g/mol. The minimum absolute atomic E-state index is 0.0666. The number of hydrogen-bond acceptors (Lipinski definition) is 5. The minimum Gasteiger partial charge on any atom is -0.378 e. The summed E-state index contributed by atoms with van der Waals surface area (Å²) in [5.41, 5.74) is 9.33. The van der Waals surface area contributed by atoms with Gasteiger partial charge in [-0.1, -0.05) is 72.3 Å².